The molecular weight excluding hydrogens is 1480 g/mol. The maximum absolute atomic E-state index is 5.52. The molecule has 0 amide bonds. The predicted molar refractivity (Wildman–Crippen MR) is 508 cm³/mol. The fraction of sp³-hybridized carbons (Fsp3) is 0. The number of hydrogen-bond acceptors (Lipinski definition) is 6. The van der Waals surface area contributed by atoms with Gasteiger partial charge in [0.25, 0.3) is 0 Å². The lowest BCUT2D eigenvalue weighted by molar-refractivity contribution is 1.08. The van der Waals surface area contributed by atoms with Gasteiger partial charge in [-0.1, -0.05) is 358 Å². The Morgan fingerprint density at radius 1 is 0.164 bits per heavy atom. The second-order valence-corrected chi connectivity index (χ2v) is 31.1. The largest absolute Gasteiger partial charge is 0.294 e. The number of hydrogen-bond donors (Lipinski definition) is 0. The Balaban J connectivity index is 0.000000142. The third-order valence-corrected chi connectivity index (χ3v) is 24.0. The molecule has 0 fully saturated rings. The molecule has 0 saturated carbocycles. The third kappa shape index (κ3) is 12.3. The fourth-order valence-electron chi connectivity index (χ4n) is 18.4. The van der Waals surface area contributed by atoms with Crippen molar-refractivity contribution in [3.8, 4) is 124 Å². The molecule has 0 bridgehead atoms. The van der Waals surface area contributed by atoms with E-state index in [-0.39, 0.29) is 0 Å². The molecule has 0 unspecified atom stereocenters. The van der Waals surface area contributed by atoms with Gasteiger partial charge in [0.2, 0.25) is 0 Å². The molecule has 568 valence electrons. The van der Waals surface area contributed by atoms with Crippen LogP contribution in [0.3, 0.4) is 0 Å². The van der Waals surface area contributed by atoms with E-state index in [1.54, 1.807) is 0 Å². The van der Waals surface area contributed by atoms with Crippen molar-refractivity contribution in [2.24, 2.45) is 0 Å². The SMILES string of the molecule is c1ccc(-c2nc3ccc(-c4ccc(-n5c6cc(-c7ccccc7)c7ccccc7c6c6c7ccccc7c(-c7ccccc7)cc65)nc4)cc3nc2-c2ccccc2)cc1.c1ccc(-c2nc3ccc(-c4cccc(-n5c6cc(-c7ccccc7)c7ccccc7c6c6c7ccccc7c(-c7ccccc7)cc65)n4)cc3nc2-c2ccccc2)cc1. The lowest BCUT2D eigenvalue weighted by atomic mass is 9.92. The minimum absolute atomic E-state index is 0.818. The molecule has 0 radical (unpaired) electrons. The molecule has 0 atom stereocenters. The first-order valence-corrected chi connectivity index (χ1v) is 41.4. The van der Waals surface area contributed by atoms with E-state index in [2.05, 4.69) is 367 Å². The summed E-state index contributed by atoms with van der Waals surface area (Å²) in [6.45, 7) is 0. The molecule has 6 heterocycles. The van der Waals surface area contributed by atoms with E-state index in [0.717, 1.165) is 123 Å². The first-order valence-electron chi connectivity index (χ1n) is 41.4. The molecule has 0 saturated heterocycles. The Bertz CT molecular complexity index is 7910. The van der Waals surface area contributed by atoms with Crippen LogP contribution >= 0.6 is 0 Å². The highest BCUT2D eigenvalue weighted by molar-refractivity contribution is 6.33. The van der Waals surface area contributed by atoms with Crippen molar-refractivity contribution in [1.82, 2.24) is 39.0 Å². The highest BCUT2D eigenvalue weighted by Gasteiger charge is 2.27. The molecular formula is C114H72N8. The Hall–Kier alpha value is -16.4. The molecule has 18 aromatic carbocycles. The van der Waals surface area contributed by atoms with Gasteiger partial charge in [-0.25, -0.2) is 29.9 Å². The number of aromatic nitrogens is 8. The van der Waals surface area contributed by atoms with Crippen molar-refractivity contribution < 1.29 is 0 Å². The van der Waals surface area contributed by atoms with E-state index in [1.807, 2.05) is 79.0 Å². The summed E-state index contributed by atoms with van der Waals surface area (Å²) in [4.78, 5) is 31.8. The van der Waals surface area contributed by atoms with E-state index >= 15 is 0 Å². The minimum atomic E-state index is 0.818. The summed E-state index contributed by atoms with van der Waals surface area (Å²) in [5.74, 6) is 1.70. The van der Waals surface area contributed by atoms with E-state index in [1.165, 1.54) is 109 Å². The van der Waals surface area contributed by atoms with Gasteiger partial charge in [-0.3, -0.25) is 9.13 Å². The fourth-order valence-corrected chi connectivity index (χ4v) is 18.4. The van der Waals surface area contributed by atoms with Crippen molar-refractivity contribution in [2.75, 3.05) is 0 Å². The van der Waals surface area contributed by atoms with Crippen molar-refractivity contribution in [3.05, 3.63) is 437 Å². The number of rotatable bonds is 12. The molecule has 0 aliphatic carbocycles. The monoisotopic (exact) mass is 1550 g/mol. The third-order valence-electron chi connectivity index (χ3n) is 24.0. The van der Waals surface area contributed by atoms with Gasteiger partial charge in [0.1, 0.15) is 11.6 Å². The molecule has 24 aromatic rings. The van der Waals surface area contributed by atoms with Crippen molar-refractivity contribution in [3.63, 3.8) is 0 Å². The Morgan fingerprint density at radius 3 is 0.754 bits per heavy atom. The summed E-state index contributed by atoms with van der Waals surface area (Å²) in [7, 11) is 0. The van der Waals surface area contributed by atoms with E-state index in [9.17, 15) is 0 Å². The number of nitrogens with zero attached hydrogens (tertiary/aromatic N) is 8. The van der Waals surface area contributed by atoms with Crippen LogP contribution in [0.2, 0.25) is 0 Å². The molecule has 0 aliphatic heterocycles. The molecule has 0 aliphatic rings. The second kappa shape index (κ2) is 29.9. The van der Waals surface area contributed by atoms with Crippen LogP contribution in [0, 0.1) is 0 Å². The summed E-state index contributed by atoms with van der Waals surface area (Å²) in [5, 5.41) is 14.7. The number of benzene rings is 18. The molecule has 0 spiro atoms. The standard InChI is InChI=1S/2C57H36N4/c1-5-18-37(19-6-1)46-35-51-54(44-28-15-13-26-42(44)46)55-45-29-16-14-27-43(45)47(38-20-7-2-8-21-38)36-52(55)61(51)53-31-17-30-48(58-53)41-32-33-49-50(34-41)60-57(40-24-11-4-12-25-40)56(59-49)39-22-9-3-10-23-39;1-5-17-37(18-6-1)47-34-51-54(45-27-15-13-25-43(45)47)55-46-28-16-14-26-44(46)48(38-19-7-2-8-20-38)35-52(55)61(51)53-32-30-42(36-58-53)41-29-31-49-50(33-41)60-57(40-23-11-4-12-24-40)56(59-49)39-21-9-3-10-22-39/h2*1-36H. The first kappa shape index (κ1) is 70.9. The Morgan fingerprint density at radius 2 is 0.434 bits per heavy atom. The zero-order valence-electron chi connectivity index (χ0n) is 66.1. The second-order valence-electron chi connectivity index (χ2n) is 31.1. The molecule has 24 rings (SSSR count). The minimum Gasteiger partial charge on any atom is -0.294 e. The average molecular weight is 1550 g/mol. The lowest BCUT2D eigenvalue weighted by Gasteiger charge is -2.14. The topological polar surface area (TPSA) is 87.2 Å². The quantitative estimate of drug-likeness (QED) is 0.121. The van der Waals surface area contributed by atoms with E-state index < -0.39 is 0 Å². The average Bonchev–Trinajstić information content (AvgIpc) is 1.55. The highest BCUT2D eigenvalue weighted by atomic mass is 15.1. The van der Waals surface area contributed by atoms with Gasteiger partial charge in [-0.05, 0) is 166 Å². The Kier molecular flexibility index (Phi) is 17.4. The zero-order valence-corrected chi connectivity index (χ0v) is 66.1. The van der Waals surface area contributed by atoms with Crippen LogP contribution in [-0.2, 0) is 0 Å². The highest BCUT2D eigenvalue weighted by Crippen LogP contribution is 2.50. The summed E-state index contributed by atoms with van der Waals surface area (Å²) in [5.41, 5.74) is 28.7. The summed E-state index contributed by atoms with van der Waals surface area (Å²) >= 11 is 0. The van der Waals surface area contributed by atoms with Crippen molar-refractivity contribution >= 4 is 109 Å². The van der Waals surface area contributed by atoms with Gasteiger partial charge >= 0.3 is 0 Å². The first-order chi connectivity index (χ1) is 60.5. The summed E-state index contributed by atoms with van der Waals surface area (Å²) in [6, 6.07) is 152. The van der Waals surface area contributed by atoms with Crippen LogP contribution in [0.25, 0.3) is 232 Å². The van der Waals surface area contributed by atoms with Crippen LogP contribution in [-0.4, -0.2) is 39.0 Å². The van der Waals surface area contributed by atoms with Gasteiger partial charge in [-0.2, -0.15) is 0 Å². The van der Waals surface area contributed by atoms with Crippen LogP contribution < -0.4 is 0 Å². The van der Waals surface area contributed by atoms with Crippen LogP contribution in [0.5, 0.6) is 0 Å². The van der Waals surface area contributed by atoms with Crippen LogP contribution in [0.15, 0.2) is 437 Å². The van der Waals surface area contributed by atoms with E-state index in [0.29, 0.717) is 0 Å². The molecule has 122 heavy (non-hydrogen) atoms. The smallest absolute Gasteiger partial charge is 0.138 e. The number of fused-ring (bicyclic) bond motifs is 16. The van der Waals surface area contributed by atoms with Crippen LogP contribution in [0.1, 0.15) is 0 Å². The van der Waals surface area contributed by atoms with E-state index in [4.69, 9.17) is 29.9 Å². The molecule has 8 nitrogen and oxygen atoms in total. The summed E-state index contributed by atoms with van der Waals surface area (Å²) in [6.07, 6.45) is 2.00. The summed E-state index contributed by atoms with van der Waals surface area (Å²) < 4.78 is 4.75. The molecule has 0 N–H and O–H groups in total. The predicted octanol–water partition coefficient (Wildman–Crippen LogP) is 29.5. The lowest BCUT2D eigenvalue weighted by Crippen LogP contribution is -2.00. The normalized spacial score (nSPS) is 11.6. The van der Waals surface area contributed by atoms with Crippen molar-refractivity contribution in [2.45, 2.75) is 0 Å². The Labute approximate surface area is 703 Å². The van der Waals surface area contributed by atoms with Gasteiger partial charge < -0.3 is 0 Å². The van der Waals surface area contributed by atoms with Gasteiger partial charge in [-0.15, -0.1) is 0 Å². The number of pyridine rings is 2. The molecule has 8 heteroatoms. The van der Waals surface area contributed by atoms with Crippen molar-refractivity contribution in [1.29, 1.82) is 0 Å². The zero-order chi connectivity index (χ0) is 80.6. The van der Waals surface area contributed by atoms with Gasteiger partial charge in [0.15, 0.2) is 0 Å². The maximum Gasteiger partial charge on any atom is 0.138 e. The van der Waals surface area contributed by atoms with Crippen LogP contribution in [0.4, 0.5) is 0 Å². The maximum atomic E-state index is 5.52. The van der Waals surface area contributed by atoms with Gasteiger partial charge in [0.05, 0.1) is 72.6 Å². The molecule has 6 aromatic heterocycles. The van der Waals surface area contributed by atoms with Gasteiger partial charge in [0, 0.05) is 61.1 Å².